The molecule has 1 atom stereocenters. The van der Waals surface area contributed by atoms with E-state index >= 15 is 0 Å². The summed E-state index contributed by atoms with van der Waals surface area (Å²) in [5, 5.41) is 2.45. The molecule has 0 aliphatic heterocycles. The van der Waals surface area contributed by atoms with E-state index in [0.717, 1.165) is 19.3 Å². The van der Waals surface area contributed by atoms with E-state index in [1.54, 1.807) is 13.8 Å². The molecular weight excluding hydrogens is 302 g/mol. The molecule has 120 valence electrons. The van der Waals surface area contributed by atoms with E-state index in [0.29, 0.717) is 10.8 Å². The van der Waals surface area contributed by atoms with Gasteiger partial charge in [0.25, 0.3) is 5.91 Å². The minimum atomic E-state index is -0.878. The van der Waals surface area contributed by atoms with Gasteiger partial charge < -0.3 is 5.32 Å². The van der Waals surface area contributed by atoms with Crippen molar-refractivity contribution in [1.29, 1.82) is 0 Å². The first-order chi connectivity index (χ1) is 10.4. The largest absolute Gasteiger partial charge is 0.346 e. The van der Waals surface area contributed by atoms with Crippen LogP contribution in [0.25, 0.3) is 0 Å². The molecule has 1 heterocycles. The number of fused-ring (bicyclic) bond motifs is 1. The first kappa shape index (κ1) is 16.5. The van der Waals surface area contributed by atoms with Crippen LogP contribution in [0.5, 0.6) is 0 Å². The minimum Gasteiger partial charge on any atom is -0.346 e. The predicted molar refractivity (Wildman–Crippen MR) is 84.4 cm³/mol. The monoisotopic (exact) mass is 323 g/mol. The van der Waals surface area contributed by atoms with Crippen molar-refractivity contribution in [2.45, 2.75) is 46.1 Å². The smallest absolute Gasteiger partial charge is 0.327 e. The van der Waals surface area contributed by atoms with Crippen molar-refractivity contribution in [3.63, 3.8) is 0 Å². The molecule has 7 heteroatoms. The summed E-state index contributed by atoms with van der Waals surface area (Å²) in [6.07, 6.45) is 3.13. The molecule has 0 saturated heterocycles. The van der Waals surface area contributed by atoms with E-state index in [1.807, 2.05) is 6.07 Å². The molecular formula is C15H21N3O3S. The Hall–Kier alpha value is -1.89. The molecule has 1 aromatic heterocycles. The van der Waals surface area contributed by atoms with Gasteiger partial charge in [-0.15, -0.1) is 11.3 Å². The summed E-state index contributed by atoms with van der Waals surface area (Å²) in [4.78, 5) is 36.8. The molecule has 3 N–H and O–H groups in total. The quantitative estimate of drug-likeness (QED) is 0.564. The molecule has 6 nitrogen and oxygen atoms in total. The Bertz CT molecular complexity index is 595. The molecule has 0 bridgehead atoms. The Kier molecular flexibility index (Phi) is 5.18. The molecule has 0 radical (unpaired) electrons. The first-order valence-electron chi connectivity index (χ1n) is 7.39. The average Bonchev–Trinajstić information content (AvgIpc) is 2.86. The summed E-state index contributed by atoms with van der Waals surface area (Å²) < 4.78 is 0. The highest BCUT2D eigenvalue weighted by Gasteiger charge is 2.21. The van der Waals surface area contributed by atoms with Crippen molar-refractivity contribution in [3.8, 4) is 0 Å². The number of hydrazine groups is 1. The van der Waals surface area contributed by atoms with Crippen LogP contribution >= 0.6 is 11.3 Å². The van der Waals surface area contributed by atoms with Crippen molar-refractivity contribution in [1.82, 2.24) is 16.2 Å². The molecule has 1 aliphatic rings. The Labute approximate surface area is 133 Å². The van der Waals surface area contributed by atoms with Crippen LogP contribution in [0.15, 0.2) is 6.07 Å². The Morgan fingerprint density at radius 3 is 2.64 bits per heavy atom. The topological polar surface area (TPSA) is 87.3 Å². The van der Waals surface area contributed by atoms with Crippen molar-refractivity contribution in [2.75, 3.05) is 0 Å². The number of carbonyl (C=O) groups excluding carboxylic acids is 3. The number of hydrogen-bond donors (Lipinski definition) is 3. The maximum absolute atomic E-state index is 12.0. The number of thiophene rings is 1. The SMILES string of the molecule is CC(C)NC(=O)C(=O)NNC(=O)c1cc2c(s1)CC[C@H](C)C2. The maximum Gasteiger partial charge on any atom is 0.327 e. The molecule has 0 saturated carbocycles. The molecule has 0 fully saturated rings. The lowest BCUT2D eigenvalue weighted by Gasteiger charge is -2.16. The highest BCUT2D eigenvalue weighted by Crippen LogP contribution is 2.31. The van der Waals surface area contributed by atoms with Crippen LogP contribution in [0.4, 0.5) is 0 Å². The fourth-order valence-electron chi connectivity index (χ4n) is 2.38. The van der Waals surface area contributed by atoms with E-state index in [1.165, 1.54) is 21.8 Å². The van der Waals surface area contributed by atoms with E-state index in [-0.39, 0.29) is 6.04 Å². The Morgan fingerprint density at radius 1 is 1.23 bits per heavy atom. The van der Waals surface area contributed by atoms with E-state index in [9.17, 15) is 14.4 Å². The van der Waals surface area contributed by atoms with Crippen molar-refractivity contribution in [3.05, 3.63) is 21.4 Å². The highest BCUT2D eigenvalue weighted by molar-refractivity contribution is 7.14. The van der Waals surface area contributed by atoms with Crippen LogP contribution in [-0.2, 0) is 22.4 Å². The number of hydrogen-bond acceptors (Lipinski definition) is 4. The van der Waals surface area contributed by atoms with Gasteiger partial charge >= 0.3 is 11.8 Å². The Balaban J connectivity index is 1.90. The van der Waals surface area contributed by atoms with Crippen LogP contribution in [-0.4, -0.2) is 23.8 Å². The zero-order chi connectivity index (χ0) is 16.3. The number of amides is 3. The van der Waals surface area contributed by atoms with E-state index in [4.69, 9.17) is 0 Å². The van der Waals surface area contributed by atoms with Crippen molar-refractivity contribution in [2.24, 2.45) is 5.92 Å². The molecule has 1 aliphatic carbocycles. The van der Waals surface area contributed by atoms with Gasteiger partial charge in [0.05, 0.1) is 4.88 Å². The normalized spacial score (nSPS) is 16.8. The van der Waals surface area contributed by atoms with E-state index < -0.39 is 17.7 Å². The molecule has 0 unspecified atom stereocenters. The number of aryl methyl sites for hydroxylation is 1. The number of nitrogens with one attached hydrogen (secondary N) is 3. The lowest BCUT2D eigenvalue weighted by Crippen LogP contribution is -2.49. The van der Waals surface area contributed by atoms with E-state index in [2.05, 4.69) is 23.1 Å². The van der Waals surface area contributed by atoms with Crippen molar-refractivity contribution >= 4 is 29.1 Å². The summed E-state index contributed by atoms with van der Waals surface area (Å²) in [7, 11) is 0. The van der Waals surface area contributed by atoms with Gasteiger partial charge in [-0.05, 0) is 50.7 Å². The lowest BCUT2D eigenvalue weighted by atomic mass is 9.90. The summed E-state index contributed by atoms with van der Waals surface area (Å²) in [6, 6.07) is 1.74. The summed E-state index contributed by atoms with van der Waals surface area (Å²) in [6.45, 7) is 5.70. The summed E-state index contributed by atoms with van der Waals surface area (Å²) >= 11 is 1.45. The zero-order valence-corrected chi connectivity index (χ0v) is 13.8. The summed E-state index contributed by atoms with van der Waals surface area (Å²) in [5.74, 6) is -1.40. The third-order valence-electron chi connectivity index (χ3n) is 3.47. The molecule has 22 heavy (non-hydrogen) atoms. The molecule has 1 aromatic rings. The second kappa shape index (κ2) is 6.91. The second-order valence-corrected chi connectivity index (χ2v) is 7.08. The molecule has 0 aromatic carbocycles. The average molecular weight is 323 g/mol. The van der Waals surface area contributed by atoms with Gasteiger partial charge in [0.1, 0.15) is 0 Å². The van der Waals surface area contributed by atoms with Gasteiger partial charge in [0.2, 0.25) is 0 Å². The van der Waals surface area contributed by atoms with Gasteiger partial charge in [0.15, 0.2) is 0 Å². The number of rotatable bonds is 2. The zero-order valence-electron chi connectivity index (χ0n) is 13.0. The van der Waals surface area contributed by atoms with Gasteiger partial charge in [0, 0.05) is 10.9 Å². The van der Waals surface area contributed by atoms with Crippen LogP contribution in [0.1, 0.15) is 47.3 Å². The molecule has 0 spiro atoms. The predicted octanol–water partition coefficient (Wildman–Crippen LogP) is 1.16. The second-order valence-electron chi connectivity index (χ2n) is 5.94. The fraction of sp³-hybridized carbons (Fsp3) is 0.533. The van der Waals surface area contributed by atoms with Crippen LogP contribution in [0.3, 0.4) is 0 Å². The Morgan fingerprint density at radius 2 is 1.95 bits per heavy atom. The molecule has 3 amide bonds. The highest BCUT2D eigenvalue weighted by atomic mass is 32.1. The number of carbonyl (C=O) groups is 3. The van der Waals surface area contributed by atoms with Crippen LogP contribution in [0, 0.1) is 5.92 Å². The van der Waals surface area contributed by atoms with Gasteiger partial charge in [-0.3, -0.25) is 25.2 Å². The third kappa shape index (κ3) is 4.07. The maximum atomic E-state index is 12.0. The first-order valence-corrected chi connectivity index (χ1v) is 8.21. The van der Waals surface area contributed by atoms with Gasteiger partial charge in [-0.2, -0.15) is 0 Å². The van der Waals surface area contributed by atoms with Gasteiger partial charge in [-0.1, -0.05) is 6.92 Å². The van der Waals surface area contributed by atoms with Crippen LogP contribution in [0.2, 0.25) is 0 Å². The van der Waals surface area contributed by atoms with Crippen molar-refractivity contribution < 1.29 is 14.4 Å². The standard InChI is InChI=1S/C15H21N3O3S/c1-8(2)16-14(20)15(21)18-17-13(19)12-7-10-6-9(3)4-5-11(10)22-12/h7-9H,4-6H2,1-3H3,(H,16,20)(H,17,19)(H,18,21)/t9-/m0/s1. The van der Waals surface area contributed by atoms with Crippen LogP contribution < -0.4 is 16.2 Å². The van der Waals surface area contributed by atoms with Gasteiger partial charge in [-0.25, -0.2) is 0 Å². The minimum absolute atomic E-state index is 0.139. The molecule has 2 rings (SSSR count). The third-order valence-corrected chi connectivity index (χ3v) is 4.70. The lowest BCUT2D eigenvalue weighted by molar-refractivity contribution is -0.139. The fourth-order valence-corrected chi connectivity index (χ4v) is 3.48. The summed E-state index contributed by atoms with van der Waals surface area (Å²) in [5.41, 5.74) is 5.64.